The van der Waals surface area contributed by atoms with Crippen molar-refractivity contribution in [3.63, 3.8) is 0 Å². The normalized spacial score (nSPS) is 55.0. The quantitative estimate of drug-likeness (QED) is 0.180. The second kappa shape index (κ2) is 10.3. The summed E-state index contributed by atoms with van der Waals surface area (Å²) in [6, 6.07) is 0. The van der Waals surface area contributed by atoms with Crippen LogP contribution in [0.2, 0.25) is 0 Å². The van der Waals surface area contributed by atoms with E-state index in [1.165, 1.54) is 5.57 Å². The van der Waals surface area contributed by atoms with Gasteiger partial charge < -0.3 is 39.8 Å². The number of allylic oxidation sites excluding steroid dienone is 2. The second-order valence-electron chi connectivity index (χ2n) is 17.2. The van der Waals surface area contributed by atoms with Gasteiger partial charge in [0, 0.05) is 0 Å². The summed E-state index contributed by atoms with van der Waals surface area (Å²) in [4.78, 5) is 26.0. The molecule has 1 saturated heterocycles. The molecule has 6 rings (SSSR count). The molecule has 6 aliphatic rings. The molecule has 1 aliphatic heterocycles. The molecule has 1 heterocycles. The van der Waals surface area contributed by atoms with Crippen LogP contribution in [0, 0.1) is 50.2 Å². The molecule has 0 amide bonds. The third-order valence-corrected chi connectivity index (χ3v) is 14.7. The Morgan fingerprint density at radius 1 is 0.932 bits per heavy atom. The van der Waals surface area contributed by atoms with Crippen molar-refractivity contribution in [2.75, 3.05) is 6.61 Å². The molecule has 0 aromatic heterocycles. The summed E-state index contributed by atoms with van der Waals surface area (Å²) in [5.41, 5.74) is -1.56. The van der Waals surface area contributed by atoms with Crippen molar-refractivity contribution in [2.24, 2.45) is 50.2 Å². The van der Waals surface area contributed by atoms with E-state index in [0.29, 0.717) is 19.3 Å². The highest BCUT2D eigenvalue weighted by atomic mass is 16.7. The van der Waals surface area contributed by atoms with Gasteiger partial charge in [-0.15, -0.1) is 0 Å². The molecule has 5 N–H and O–H groups in total. The number of rotatable bonds is 4. The molecular formula is C35H54O9. The predicted molar refractivity (Wildman–Crippen MR) is 161 cm³/mol. The number of carboxylic acid groups (broad SMARTS) is 1. The van der Waals surface area contributed by atoms with E-state index in [2.05, 4.69) is 40.7 Å². The third kappa shape index (κ3) is 4.18. The van der Waals surface area contributed by atoms with Crippen LogP contribution in [0.3, 0.4) is 0 Å². The van der Waals surface area contributed by atoms with E-state index >= 15 is 0 Å². The van der Waals surface area contributed by atoms with Crippen LogP contribution in [-0.2, 0) is 19.1 Å². The lowest BCUT2D eigenvalue weighted by molar-refractivity contribution is -0.305. The Labute approximate surface area is 261 Å². The Balaban J connectivity index is 1.34. The van der Waals surface area contributed by atoms with Crippen molar-refractivity contribution in [3.8, 4) is 0 Å². The van der Waals surface area contributed by atoms with E-state index < -0.39 is 53.6 Å². The monoisotopic (exact) mass is 618 g/mol. The van der Waals surface area contributed by atoms with E-state index in [1.54, 1.807) is 0 Å². The van der Waals surface area contributed by atoms with Crippen LogP contribution in [0.1, 0.15) is 99.3 Å². The molecule has 9 nitrogen and oxygen atoms in total. The van der Waals surface area contributed by atoms with E-state index in [4.69, 9.17) is 9.47 Å². The van der Waals surface area contributed by atoms with Gasteiger partial charge in [-0.3, -0.25) is 4.79 Å². The van der Waals surface area contributed by atoms with Gasteiger partial charge in [-0.05, 0) is 97.2 Å². The number of carbonyl (C=O) groups is 2. The summed E-state index contributed by atoms with van der Waals surface area (Å²) in [6.45, 7) is 13.2. The lowest BCUT2D eigenvalue weighted by atomic mass is 9.33. The number of hydrogen-bond acceptors (Lipinski definition) is 8. The fourth-order valence-corrected chi connectivity index (χ4v) is 11.9. The number of hydrogen-bond donors (Lipinski definition) is 5. The van der Waals surface area contributed by atoms with Gasteiger partial charge in [-0.25, -0.2) is 0 Å². The molecule has 0 aromatic carbocycles. The molecule has 0 spiro atoms. The standard InChI is InChI=1S/C35H54O9/c1-30(2)13-14-35(29(41)42)20(15-30)19-7-8-23-31(3)11-10-25(44-28-27(40)26(39)21(37)17-43-28)32(4,18-36)22(31)9-12-33(23,5)34(19,6)16-24(35)38/h7,18,20-28,37-40H,8-17H2,1-6H3,(H,41,42)/t20-,21-,22+,23+,24+,25-,26-,27+,28-,31-,32-,33+,34+,35+/m0/s1. The maximum Gasteiger partial charge on any atom is 0.312 e. The first-order valence-electron chi connectivity index (χ1n) is 16.8. The molecular weight excluding hydrogens is 564 g/mol. The van der Waals surface area contributed by atoms with Crippen LogP contribution < -0.4 is 0 Å². The molecule has 14 atom stereocenters. The molecule has 0 bridgehead atoms. The third-order valence-electron chi connectivity index (χ3n) is 14.7. The first-order valence-corrected chi connectivity index (χ1v) is 16.8. The van der Waals surface area contributed by atoms with Crippen LogP contribution >= 0.6 is 0 Å². The van der Waals surface area contributed by atoms with Gasteiger partial charge in [-0.2, -0.15) is 0 Å². The Bertz CT molecular complexity index is 1220. The van der Waals surface area contributed by atoms with Gasteiger partial charge in [0.05, 0.1) is 24.2 Å². The van der Waals surface area contributed by atoms with Crippen molar-refractivity contribution >= 4 is 12.3 Å². The number of ether oxygens (including phenoxy) is 2. The maximum atomic E-state index is 13.0. The summed E-state index contributed by atoms with van der Waals surface area (Å²) in [7, 11) is 0. The molecule has 5 aliphatic carbocycles. The van der Waals surface area contributed by atoms with E-state index in [9.17, 15) is 35.1 Å². The highest BCUT2D eigenvalue weighted by Gasteiger charge is 2.71. The van der Waals surface area contributed by atoms with Crippen molar-refractivity contribution in [1.82, 2.24) is 0 Å². The van der Waals surface area contributed by atoms with Crippen LogP contribution in [0.15, 0.2) is 11.6 Å². The summed E-state index contributed by atoms with van der Waals surface area (Å²) in [5.74, 6) is -0.858. The van der Waals surface area contributed by atoms with Crippen LogP contribution in [0.4, 0.5) is 0 Å². The summed E-state index contributed by atoms with van der Waals surface area (Å²) >= 11 is 0. The SMILES string of the molecule is CC1(C)CC[C@]2(C(=O)O)[C@H](O)C[C@]3(C)C(=CC[C@@H]4[C@@]5(C)CC[C@H](O[C@@H]6OC[C@H](O)[C@H](O)[C@H]6O)[C@@](C)(C=O)[C@@H]5CC[C@]43C)[C@@H]2C1. The van der Waals surface area contributed by atoms with Gasteiger partial charge in [-0.1, -0.05) is 53.2 Å². The molecule has 248 valence electrons. The predicted octanol–water partition coefficient (Wildman–Crippen LogP) is 3.85. The first kappa shape index (κ1) is 32.6. The Morgan fingerprint density at radius 3 is 2.30 bits per heavy atom. The second-order valence-corrected chi connectivity index (χ2v) is 17.2. The van der Waals surface area contributed by atoms with Crippen LogP contribution in [-0.4, -0.2) is 81.2 Å². The van der Waals surface area contributed by atoms with Gasteiger partial charge in [0.1, 0.15) is 30.0 Å². The van der Waals surface area contributed by atoms with Gasteiger partial charge in [0.25, 0.3) is 0 Å². The minimum atomic E-state index is -1.42. The number of aliphatic carboxylic acids is 1. The number of aldehydes is 1. The summed E-state index contributed by atoms with van der Waals surface area (Å²) in [6.07, 6.45) is 3.06. The minimum Gasteiger partial charge on any atom is -0.481 e. The van der Waals surface area contributed by atoms with Crippen LogP contribution in [0.5, 0.6) is 0 Å². The Hall–Kier alpha value is -1.36. The highest BCUT2D eigenvalue weighted by molar-refractivity contribution is 5.77. The summed E-state index contributed by atoms with van der Waals surface area (Å²) in [5, 5.41) is 53.1. The zero-order valence-corrected chi connectivity index (χ0v) is 27.3. The van der Waals surface area contributed by atoms with Gasteiger partial charge in [0.2, 0.25) is 0 Å². The number of aliphatic hydroxyl groups is 4. The van der Waals surface area contributed by atoms with E-state index in [0.717, 1.165) is 44.8 Å². The minimum absolute atomic E-state index is 0.000592. The summed E-state index contributed by atoms with van der Waals surface area (Å²) < 4.78 is 11.9. The van der Waals surface area contributed by atoms with Gasteiger partial charge >= 0.3 is 5.97 Å². The Kier molecular flexibility index (Phi) is 7.64. The molecule has 9 heteroatoms. The number of carboxylic acids is 1. The molecule has 4 saturated carbocycles. The number of aliphatic hydroxyl groups excluding tert-OH is 4. The smallest absolute Gasteiger partial charge is 0.312 e. The van der Waals surface area contributed by atoms with Gasteiger partial charge in [0.15, 0.2) is 6.29 Å². The number of fused-ring (bicyclic) bond motifs is 7. The fraction of sp³-hybridized carbons (Fsp3) is 0.886. The molecule has 0 radical (unpaired) electrons. The highest BCUT2D eigenvalue weighted by Crippen LogP contribution is 2.75. The van der Waals surface area contributed by atoms with E-state index in [1.807, 2.05) is 6.92 Å². The van der Waals surface area contributed by atoms with Crippen molar-refractivity contribution < 1.29 is 44.6 Å². The first-order chi connectivity index (χ1) is 20.4. The average molecular weight is 619 g/mol. The lowest BCUT2D eigenvalue weighted by Crippen LogP contribution is -2.68. The Morgan fingerprint density at radius 2 is 1.64 bits per heavy atom. The zero-order chi connectivity index (χ0) is 32.3. The molecule has 0 aromatic rings. The van der Waals surface area contributed by atoms with Crippen molar-refractivity contribution in [2.45, 2.75) is 136 Å². The van der Waals surface area contributed by atoms with Crippen molar-refractivity contribution in [3.05, 3.63) is 11.6 Å². The molecule has 44 heavy (non-hydrogen) atoms. The molecule has 5 fully saturated rings. The molecule has 0 unspecified atom stereocenters. The lowest BCUT2D eigenvalue weighted by Gasteiger charge is -2.71. The van der Waals surface area contributed by atoms with Crippen molar-refractivity contribution in [1.29, 1.82) is 0 Å². The van der Waals surface area contributed by atoms with E-state index in [-0.39, 0.29) is 46.0 Å². The zero-order valence-electron chi connectivity index (χ0n) is 27.3. The fourth-order valence-electron chi connectivity index (χ4n) is 11.9. The van der Waals surface area contributed by atoms with Crippen LogP contribution in [0.25, 0.3) is 0 Å². The average Bonchev–Trinajstić information content (AvgIpc) is 2.94. The maximum absolute atomic E-state index is 13.0. The number of carbonyl (C=O) groups excluding carboxylic acids is 1. The largest absolute Gasteiger partial charge is 0.481 e. The topological polar surface area (TPSA) is 154 Å².